The molecule has 6 nitrogen and oxygen atoms in total. The molecule has 5 rings (SSSR count). The number of aryl methyl sites for hydroxylation is 1. The highest BCUT2D eigenvalue weighted by Crippen LogP contribution is 2.31. The predicted octanol–water partition coefficient (Wildman–Crippen LogP) is 4.55. The minimum Gasteiger partial charge on any atom is -0.491 e. The van der Waals surface area contributed by atoms with Gasteiger partial charge in [-0.25, -0.2) is 0 Å². The van der Waals surface area contributed by atoms with E-state index >= 15 is 0 Å². The zero-order chi connectivity index (χ0) is 24.5. The van der Waals surface area contributed by atoms with Gasteiger partial charge in [-0.05, 0) is 80.1 Å². The summed E-state index contributed by atoms with van der Waals surface area (Å²) in [5, 5.41) is 12.8. The van der Waals surface area contributed by atoms with Crippen LogP contribution in [0.25, 0.3) is 10.8 Å². The topological polar surface area (TPSA) is 70.1 Å². The van der Waals surface area contributed by atoms with Crippen molar-refractivity contribution in [2.45, 2.75) is 25.9 Å². The lowest BCUT2D eigenvalue weighted by Crippen LogP contribution is -2.46. The molecule has 0 aliphatic carbocycles. The van der Waals surface area contributed by atoms with Crippen molar-refractivity contribution in [3.63, 3.8) is 0 Å². The number of aliphatic hydroxyl groups is 1. The number of carbonyl (C=O) groups is 2. The van der Waals surface area contributed by atoms with Gasteiger partial charge in [0.2, 0.25) is 0 Å². The molecule has 0 saturated carbocycles. The maximum atomic E-state index is 13.2. The van der Waals surface area contributed by atoms with Crippen LogP contribution in [-0.2, 0) is 0 Å². The summed E-state index contributed by atoms with van der Waals surface area (Å²) in [5.41, 5.74) is 2.15. The van der Waals surface area contributed by atoms with Crippen molar-refractivity contribution in [2.24, 2.45) is 5.92 Å². The van der Waals surface area contributed by atoms with E-state index in [-0.39, 0.29) is 24.3 Å². The summed E-state index contributed by atoms with van der Waals surface area (Å²) in [6.45, 7) is 4.71. The number of carbonyl (C=O) groups excluding carboxylic acids is 2. The monoisotopic (exact) mass is 492 g/mol. The van der Waals surface area contributed by atoms with Crippen LogP contribution in [0.2, 0.25) is 5.02 Å². The van der Waals surface area contributed by atoms with Crippen molar-refractivity contribution in [2.75, 3.05) is 32.8 Å². The van der Waals surface area contributed by atoms with E-state index in [1.807, 2.05) is 55.5 Å². The van der Waals surface area contributed by atoms with E-state index in [9.17, 15) is 14.7 Å². The molecule has 1 atom stereocenters. The van der Waals surface area contributed by atoms with Crippen molar-refractivity contribution in [3.8, 4) is 5.75 Å². The molecule has 1 fully saturated rings. The minimum absolute atomic E-state index is 0.202. The Hall–Kier alpha value is -2.93. The Bertz CT molecular complexity index is 1220. The Morgan fingerprint density at radius 3 is 2.31 bits per heavy atom. The first-order valence-corrected chi connectivity index (χ1v) is 12.5. The molecule has 0 spiro atoms. The molecule has 0 bridgehead atoms. The molecule has 1 N–H and O–H groups in total. The van der Waals surface area contributed by atoms with Crippen LogP contribution >= 0.6 is 11.6 Å². The van der Waals surface area contributed by atoms with Crippen molar-refractivity contribution in [1.29, 1.82) is 0 Å². The number of hydrogen-bond acceptors (Lipinski definition) is 5. The largest absolute Gasteiger partial charge is 0.491 e. The first kappa shape index (κ1) is 23.8. The Morgan fingerprint density at radius 1 is 1.03 bits per heavy atom. The molecule has 2 aliphatic rings. The Labute approximate surface area is 210 Å². The first-order chi connectivity index (χ1) is 16.9. The number of likely N-dealkylation sites (tertiary alicyclic amines) is 1. The fourth-order valence-electron chi connectivity index (χ4n) is 5.17. The summed E-state index contributed by atoms with van der Waals surface area (Å²) in [5.74, 6) is 0.563. The molecule has 1 saturated heterocycles. The summed E-state index contributed by atoms with van der Waals surface area (Å²) in [6, 6.07) is 16.7. The summed E-state index contributed by atoms with van der Waals surface area (Å²) in [7, 11) is 0. The molecule has 0 aromatic heterocycles. The Kier molecular flexibility index (Phi) is 6.78. The molecule has 2 heterocycles. The molecule has 2 amide bonds. The molecular weight excluding hydrogens is 464 g/mol. The van der Waals surface area contributed by atoms with E-state index < -0.39 is 6.10 Å². The van der Waals surface area contributed by atoms with Gasteiger partial charge in [-0.2, -0.15) is 0 Å². The van der Waals surface area contributed by atoms with Gasteiger partial charge in [0.15, 0.2) is 0 Å². The van der Waals surface area contributed by atoms with E-state index in [1.165, 1.54) is 4.90 Å². The number of halogens is 1. The fourth-order valence-corrected chi connectivity index (χ4v) is 5.39. The van der Waals surface area contributed by atoms with E-state index in [0.29, 0.717) is 29.2 Å². The van der Waals surface area contributed by atoms with Gasteiger partial charge in [0.1, 0.15) is 18.5 Å². The predicted molar refractivity (Wildman–Crippen MR) is 136 cm³/mol. The molecule has 35 heavy (non-hydrogen) atoms. The average molecular weight is 493 g/mol. The third-order valence-corrected chi connectivity index (χ3v) is 7.28. The third-order valence-electron chi connectivity index (χ3n) is 7.04. The average Bonchev–Trinajstić information content (AvgIpc) is 2.85. The summed E-state index contributed by atoms with van der Waals surface area (Å²) in [4.78, 5) is 30.0. The van der Waals surface area contributed by atoms with E-state index in [0.717, 1.165) is 48.0 Å². The lowest BCUT2D eigenvalue weighted by atomic mass is 9.91. The lowest BCUT2D eigenvalue weighted by molar-refractivity contribution is 0.0452. The zero-order valence-electron chi connectivity index (χ0n) is 19.7. The third kappa shape index (κ3) is 4.92. The van der Waals surface area contributed by atoms with Gasteiger partial charge in [0.05, 0.1) is 0 Å². The van der Waals surface area contributed by atoms with Gasteiger partial charge in [0, 0.05) is 34.6 Å². The van der Waals surface area contributed by atoms with E-state index in [1.54, 1.807) is 6.07 Å². The highest BCUT2D eigenvalue weighted by atomic mass is 35.5. The van der Waals surface area contributed by atoms with Crippen LogP contribution in [0.4, 0.5) is 0 Å². The van der Waals surface area contributed by atoms with Gasteiger partial charge < -0.3 is 14.7 Å². The maximum absolute atomic E-state index is 13.2. The lowest BCUT2D eigenvalue weighted by Gasteiger charge is -2.36. The van der Waals surface area contributed by atoms with Crippen LogP contribution in [0.1, 0.15) is 39.1 Å². The molecule has 0 unspecified atom stereocenters. The van der Waals surface area contributed by atoms with Gasteiger partial charge >= 0.3 is 0 Å². The van der Waals surface area contributed by atoms with Crippen LogP contribution < -0.4 is 4.74 Å². The standard InChI is InChI=1S/C28H29ClN2O4/c1-18-14-21(29)8-9-25(18)35-17-22(32)16-30-12-10-19(11-13-30)15-31-27(33)23-6-2-4-20-5-3-7-24(26(20)23)28(31)34/h2-9,14,19,22,32H,10-13,15-17H2,1H3/t22-/m1/s1. The van der Waals surface area contributed by atoms with Gasteiger partial charge in [-0.1, -0.05) is 35.9 Å². The highest BCUT2D eigenvalue weighted by Gasteiger charge is 2.34. The Morgan fingerprint density at radius 2 is 1.69 bits per heavy atom. The normalized spacial score (nSPS) is 17.7. The Balaban J connectivity index is 1.14. The molecule has 0 radical (unpaired) electrons. The van der Waals surface area contributed by atoms with E-state index in [4.69, 9.17) is 16.3 Å². The van der Waals surface area contributed by atoms with Gasteiger partial charge in [0.25, 0.3) is 11.8 Å². The summed E-state index contributed by atoms with van der Waals surface area (Å²) < 4.78 is 5.78. The second-order valence-electron chi connectivity index (χ2n) is 9.55. The molecule has 182 valence electrons. The van der Waals surface area contributed by atoms with Crippen molar-refractivity contribution in [1.82, 2.24) is 9.80 Å². The number of benzene rings is 3. The van der Waals surface area contributed by atoms with Crippen molar-refractivity contribution in [3.05, 3.63) is 76.3 Å². The number of piperidine rings is 1. The quantitative estimate of drug-likeness (QED) is 0.490. The van der Waals surface area contributed by atoms with Gasteiger partial charge in [-0.3, -0.25) is 14.5 Å². The van der Waals surface area contributed by atoms with Crippen LogP contribution in [0.15, 0.2) is 54.6 Å². The summed E-state index contributed by atoms with van der Waals surface area (Å²) in [6.07, 6.45) is 1.13. The number of ether oxygens (including phenoxy) is 1. The van der Waals surface area contributed by atoms with Crippen LogP contribution in [0.3, 0.4) is 0 Å². The number of rotatable bonds is 7. The fraction of sp³-hybridized carbons (Fsp3) is 0.357. The minimum atomic E-state index is -0.608. The molecule has 3 aromatic rings. The van der Waals surface area contributed by atoms with Crippen LogP contribution in [0.5, 0.6) is 5.75 Å². The number of β-amino-alcohol motifs (C(OH)–C–C–N with tert-alkyl or cyclic N) is 1. The van der Waals surface area contributed by atoms with Gasteiger partial charge in [-0.15, -0.1) is 0 Å². The second-order valence-corrected chi connectivity index (χ2v) is 9.99. The van der Waals surface area contributed by atoms with Crippen LogP contribution in [0, 0.1) is 12.8 Å². The number of hydrogen-bond donors (Lipinski definition) is 1. The number of amides is 2. The van der Waals surface area contributed by atoms with Crippen molar-refractivity contribution >= 4 is 34.2 Å². The molecular formula is C28H29ClN2O4. The number of aliphatic hydroxyl groups excluding tert-OH is 1. The second kappa shape index (κ2) is 9.97. The molecule has 2 aliphatic heterocycles. The molecule has 3 aromatic carbocycles. The smallest absolute Gasteiger partial charge is 0.261 e. The highest BCUT2D eigenvalue weighted by molar-refractivity contribution is 6.30. The maximum Gasteiger partial charge on any atom is 0.261 e. The first-order valence-electron chi connectivity index (χ1n) is 12.1. The van der Waals surface area contributed by atoms with E-state index in [2.05, 4.69) is 4.90 Å². The van der Waals surface area contributed by atoms with Crippen molar-refractivity contribution < 1.29 is 19.4 Å². The SMILES string of the molecule is Cc1cc(Cl)ccc1OC[C@H](O)CN1CCC(CN2C(=O)c3cccc4cccc(c34)C2=O)CC1. The zero-order valence-corrected chi connectivity index (χ0v) is 20.5. The number of nitrogens with zero attached hydrogens (tertiary/aromatic N) is 2. The summed E-state index contributed by atoms with van der Waals surface area (Å²) >= 11 is 5.99. The number of imide groups is 1. The molecule has 7 heteroatoms. The van der Waals surface area contributed by atoms with Crippen LogP contribution in [-0.4, -0.2) is 65.6 Å².